The standard InChI is InChI=1S/C20H23N7O/c1-25(2)18-17(14-21-20(24-18)26-10-3-4-11-26)23-19(28)15-7-5-8-16(13-15)27-12-6-9-22-27/h5-9,12-14H,3-4,10-11H2,1-2H3,(H,23,28). The summed E-state index contributed by atoms with van der Waals surface area (Å²) in [7, 11) is 3.81. The van der Waals surface area contributed by atoms with Crippen LogP contribution < -0.4 is 15.1 Å². The molecule has 0 bridgehead atoms. The van der Waals surface area contributed by atoms with Crippen molar-refractivity contribution in [2.75, 3.05) is 42.3 Å². The number of benzene rings is 1. The maximum absolute atomic E-state index is 12.8. The number of nitrogens with zero attached hydrogens (tertiary/aromatic N) is 6. The summed E-state index contributed by atoms with van der Waals surface area (Å²) >= 11 is 0. The van der Waals surface area contributed by atoms with Gasteiger partial charge >= 0.3 is 0 Å². The molecule has 1 aliphatic rings. The van der Waals surface area contributed by atoms with Crippen LogP contribution in [-0.2, 0) is 0 Å². The van der Waals surface area contributed by atoms with Gasteiger partial charge in [-0.25, -0.2) is 9.67 Å². The van der Waals surface area contributed by atoms with Gasteiger partial charge in [0.1, 0.15) is 5.69 Å². The molecule has 144 valence electrons. The summed E-state index contributed by atoms with van der Waals surface area (Å²) < 4.78 is 1.72. The summed E-state index contributed by atoms with van der Waals surface area (Å²) in [5.74, 6) is 1.18. The van der Waals surface area contributed by atoms with Crippen LogP contribution in [0.2, 0.25) is 0 Å². The molecule has 0 atom stereocenters. The van der Waals surface area contributed by atoms with E-state index in [4.69, 9.17) is 0 Å². The van der Waals surface area contributed by atoms with E-state index in [1.54, 1.807) is 29.2 Å². The largest absolute Gasteiger partial charge is 0.361 e. The van der Waals surface area contributed by atoms with Crippen molar-refractivity contribution in [1.82, 2.24) is 19.7 Å². The third kappa shape index (κ3) is 3.66. The second kappa shape index (κ2) is 7.67. The first-order valence-electron chi connectivity index (χ1n) is 9.32. The Bertz CT molecular complexity index is 962. The summed E-state index contributed by atoms with van der Waals surface area (Å²) in [6, 6.07) is 9.17. The second-order valence-corrected chi connectivity index (χ2v) is 6.95. The minimum Gasteiger partial charge on any atom is -0.361 e. The molecule has 1 aliphatic heterocycles. The van der Waals surface area contributed by atoms with Gasteiger partial charge in [0.15, 0.2) is 5.82 Å². The predicted molar refractivity (Wildman–Crippen MR) is 109 cm³/mol. The van der Waals surface area contributed by atoms with Crippen molar-refractivity contribution in [3.8, 4) is 5.69 Å². The molecule has 1 N–H and O–H groups in total. The van der Waals surface area contributed by atoms with Crippen molar-refractivity contribution >= 4 is 23.4 Å². The third-order valence-electron chi connectivity index (χ3n) is 4.69. The van der Waals surface area contributed by atoms with Crippen molar-refractivity contribution in [3.63, 3.8) is 0 Å². The summed E-state index contributed by atoms with van der Waals surface area (Å²) in [5, 5.41) is 7.15. The Morgan fingerprint density at radius 2 is 2.00 bits per heavy atom. The highest BCUT2D eigenvalue weighted by Crippen LogP contribution is 2.26. The zero-order valence-corrected chi connectivity index (χ0v) is 16.0. The monoisotopic (exact) mass is 377 g/mol. The van der Waals surface area contributed by atoms with E-state index in [1.807, 2.05) is 43.4 Å². The number of anilines is 3. The van der Waals surface area contributed by atoms with Crippen LogP contribution >= 0.6 is 0 Å². The van der Waals surface area contributed by atoms with E-state index in [9.17, 15) is 4.79 Å². The lowest BCUT2D eigenvalue weighted by Gasteiger charge is -2.21. The Kier molecular flexibility index (Phi) is 4.92. The number of hydrogen-bond acceptors (Lipinski definition) is 6. The highest BCUT2D eigenvalue weighted by atomic mass is 16.1. The van der Waals surface area contributed by atoms with E-state index in [0.717, 1.165) is 31.6 Å². The van der Waals surface area contributed by atoms with Crippen LogP contribution in [0.1, 0.15) is 23.2 Å². The summed E-state index contributed by atoms with van der Waals surface area (Å²) in [5.41, 5.74) is 1.95. The molecule has 1 aromatic carbocycles. The Balaban J connectivity index is 1.58. The van der Waals surface area contributed by atoms with Gasteiger partial charge in [0.05, 0.1) is 11.9 Å². The highest BCUT2D eigenvalue weighted by Gasteiger charge is 2.19. The first kappa shape index (κ1) is 18.0. The van der Waals surface area contributed by atoms with Crippen LogP contribution in [-0.4, -0.2) is 52.8 Å². The van der Waals surface area contributed by atoms with Gasteiger partial charge in [-0.1, -0.05) is 6.07 Å². The molecule has 1 saturated heterocycles. The Labute approximate surface area is 163 Å². The molecule has 1 amide bonds. The van der Waals surface area contributed by atoms with Crippen LogP contribution in [0.4, 0.5) is 17.5 Å². The average molecular weight is 377 g/mol. The van der Waals surface area contributed by atoms with Crippen molar-refractivity contribution in [3.05, 3.63) is 54.5 Å². The number of aromatic nitrogens is 4. The number of carbonyl (C=O) groups is 1. The Morgan fingerprint density at radius 1 is 1.18 bits per heavy atom. The molecule has 0 radical (unpaired) electrons. The minimum absolute atomic E-state index is 0.213. The van der Waals surface area contributed by atoms with E-state index in [0.29, 0.717) is 23.0 Å². The molecule has 1 fully saturated rings. The fourth-order valence-electron chi connectivity index (χ4n) is 3.27. The molecule has 8 heteroatoms. The van der Waals surface area contributed by atoms with Gasteiger partial charge in [-0.05, 0) is 37.1 Å². The molecule has 3 heterocycles. The molecule has 3 aromatic rings. The second-order valence-electron chi connectivity index (χ2n) is 6.95. The van der Waals surface area contributed by atoms with Crippen molar-refractivity contribution in [2.45, 2.75) is 12.8 Å². The molecule has 0 aliphatic carbocycles. The quantitative estimate of drug-likeness (QED) is 0.736. The van der Waals surface area contributed by atoms with Gasteiger partial charge in [-0.3, -0.25) is 4.79 Å². The van der Waals surface area contributed by atoms with E-state index in [-0.39, 0.29) is 5.91 Å². The Hall–Kier alpha value is -3.42. The number of carbonyl (C=O) groups excluding carboxylic acids is 1. The van der Waals surface area contributed by atoms with Gasteiger partial charge in [0.25, 0.3) is 5.91 Å². The predicted octanol–water partition coefficient (Wildman–Crippen LogP) is 2.58. The lowest BCUT2D eigenvalue weighted by atomic mass is 10.2. The van der Waals surface area contributed by atoms with Gasteiger partial charge in [-0.2, -0.15) is 10.1 Å². The van der Waals surface area contributed by atoms with Gasteiger partial charge in [0.2, 0.25) is 5.95 Å². The SMILES string of the molecule is CN(C)c1nc(N2CCCC2)ncc1NC(=O)c1cccc(-n2cccn2)c1. The van der Waals surface area contributed by atoms with Crippen molar-refractivity contribution in [2.24, 2.45) is 0 Å². The minimum atomic E-state index is -0.213. The summed E-state index contributed by atoms with van der Waals surface area (Å²) in [4.78, 5) is 26.0. The zero-order valence-electron chi connectivity index (χ0n) is 16.0. The molecule has 0 spiro atoms. The number of rotatable bonds is 5. The fraction of sp³-hybridized carbons (Fsp3) is 0.300. The van der Waals surface area contributed by atoms with Gasteiger partial charge < -0.3 is 15.1 Å². The van der Waals surface area contributed by atoms with Crippen molar-refractivity contribution < 1.29 is 4.79 Å². The maximum atomic E-state index is 12.8. The van der Waals surface area contributed by atoms with Crippen LogP contribution in [0.5, 0.6) is 0 Å². The zero-order chi connectivity index (χ0) is 19.5. The molecule has 0 unspecified atom stereocenters. The van der Waals surface area contributed by atoms with Crippen LogP contribution in [0.25, 0.3) is 5.69 Å². The number of amides is 1. The third-order valence-corrected chi connectivity index (χ3v) is 4.69. The first-order chi connectivity index (χ1) is 13.6. The fourth-order valence-corrected chi connectivity index (χ4v) is 3.27. The number of hydrogen-bond donors (Lipinski definition) is 1. The summed E-state index contributed by atoms with van der Waals surface area (Å²) in [6.45, 7) is 1.94. The van der Waals surface area contributed by atoms with Crippen LogP contribution in [0, 0.1) is 0 Å². The van der Waals surface area contributed by atoms with Gasteiger partial charge in [0, 0.05) is 45.1 Å². The smallest absolute Gasteiger partial charge is 0.255 e. The van der Waals surface area contributed by atoms with E-state index >= 15 is 0 Å². The normalized spacial score (nSPS) is 13.6. The topological polar surface area (TPSA) is 79.2 Å². The van der Waals surface area contributed by atoms with Gasteiger partial charge in [-0.15, -0.1) is 0 Å². The lowest BCUT2D eigenvalue weighted by Crippen LogP contribution is -2.23. The number of nitrogens with one attached hydrogen (secondary N) is 1. The molecular weight excluding hydrogens is 354 g/mol. The lowest BCUT2D eigenvalue weighted by molar-refractivity contribution is 0.102. The molecule has 28 heavy (non-hydrogen) atoms. The first-order valence-corrected chi connectivity index (χ1v) is 9.32. The summed E-state index contributed by atoms with van der Waals surface area (Å²) in [6.07, 6.45) is 7.55. The van der Waals surface area contributed by atoms with E-state index < -0.39 is 0 Å². The van der Waals surface area contributed by atoms with Crippen molar-refractivity contribution in [1.29, 1.82) is 0 Å². The molecule has 2 aromatic heterocycles. The molecule has 0 saturated carbocycles. The molecular formula is C20H23N7O. The van der Waals surface area contributed by atoms with E-state index in [1.165, 1.54) is 0 Å². The van der Waals surface area contributed by atoms with E-state index in [2.05, 4.69) is 25.3 Å². The van der Waals surface area contributed by atoms with Crippen LogP contribution in [0.3, 0.4) is 0 Å². The Morgan fingerprint density at radius 3 is 2.71 bits per heavy atom. The van der Waals surface area contributed by atoms with Crippen LogP contribution in [0.15, 0.2) is 48.9 Å². The average Bonchev–Trinajstić information content (AvgIpc) is 3.42. The maximum Gasteiger partial charge on any atom is 0.255 e. The highest BCUT2D eigenvalue weighted by molar-refractivity contribution is 6.05. The molecule has 8 nitrogen and oxygen atoms in total. The molecule has 4 rings (SSSR count).